The maximum absolute atomic E-state index is 15.6. The number of fused-ring (bicyclic) bond motifs is 2. The van der Waals surface area contributed by atoms with E-state index in [1.165, 1.54) is 13.1 Å². The lowest BCUT2D eigenvalue weighted by atomic mass is 10.1. The lowest BCUT2D eigenvalue weighted by molar-refractivity contribution is -0.142. The van der Waals surface area contributed by atoms with Gasteiger partial charge in [-0.2, -0.15) is 4.98 Å². The summed E-state index contributed by atoms with van der Waals surface area (Å²) in [5.41, 5.74) is 6.35. The number of pyridine rings is 1. The number of aromatic amines is 1. The zero-order valence-corrected chi connectivity index (χ0v) is 22.4. The molecule has 18 heteroatoms. The van der Waals surface area contributed by atoms with Gasteiger partial charge in [-0.15, -0.1) is 0 Å². The highest BCUT2D eigenvalue weighted by molar-refractivity contribution is 9.10. The van der Waals surface area contributed by atoms with E-state index in [1.54, 1.807) is 6.92 Å². The Balaban J connectivity index is 1.33. The van der Waals surface area contributed by atoms with Gasteiger partial charge in [-0.1, -0.05) is 0 Å². The summed E-state index contributed by atoms with van der Waals surface area (Å²) in [5.74, 6) is -0.500. The van der Waals surface area contributed by atoms with E-state index in [0.29, 0.717) is 16.8 Å². The van der Waals surface area contributed by atoms with Crippen molar-refractivity contribution in [1.29, 1.82) is 0 Å². The number of aryl methyl sites for hydroxylation is 1. The largest absolute Gasteiger partial charge is 0.461 e. The molecule has 1 saturated heterocycles. The number of hydrogen-bond acceptors (Lipinski definition) is 12. The minimum atomic E-state index is -4.00. The van der Waals surface area contributed by atoms with Crippen LogP contribution < -0.4 is 20.9 Å². The van der Waals surface area contributed by atoms with Gasteiger partial charge < -0.3 is 24.8 Å². The fourth-order valence-corrected chi connectivity index (χ4v) is 6.10. The van der Waals surface area contributed by atoms with E-state index in [1.807, 2.05) is 0 Å². The van der Waals surface area contributed by atoms with Crippen LogP contribution in [0.25, 0.3) is 11.2 Å². The Morgan fingerprint density at radius 1 is 1.47 bits per heavy atom. The summed E-state index contributed by atoms with van der Waals surface area (Å²) in [6.07, 6.45) is -2.02. The molecule has 0 aromatic carbocycles. The summed E-state index contributed by atoms with van der Waals surface area (Å²) in [7, 11) is -4.00. The first-order valence-corrected chi connectivity index (χ1v) is 13.5. The standard InChI is InChI=1S/C20H22BrFN7O8P/c1-8-14-11(10(3-24-8)5-34-9(2)30)4-26-38(33,37-14)35-6-12-15(31)20(21,22)18(36-12)29-7-25-13-16(29)27-19(23)28-17(13)32/h3,7,12,15,18,31H,4-6H2,1-2H3,(H,26,33)(H3,23,27,28,32)/t12-,15?,18-,20?,38?/m1/s1. The number of carbonyl (C=O) groups excluding carboxylic acids is 1. The molecule has 1 fully saturated rings. The number of nitrogen functional groups attached to an aromatic ring is 1. The second-order valence-electron chi connectivity index (χ2n) is 8.60. The van der Waals surface area contributed by atoms with Crippen LogP contribution in [0.4, 0.5) is 10.3 Å². The third kappa shape index (κ3) is 4.69. The minimum absolute atomic E-state index is 0.0391. The molecule has 0 spiro atoms. The average molecular weight is 618 g/mol. The smallest absolute Gasteiger partial charge is 0.459 e. The molecule has 15 nitrogen and oxygen atoms in total. The first-order chi connectivity index (χ1) is 17.9. The van der Waals surface area contributed by atoms with Crippen LogP contribution in [0.5, 0.6) is 5.75 Å². The van der Waals surface area contributed by atoms with E-state index in [9.17, 15) is 19.3 Å². The number of rotatable bonds is 6. The predicted molar refractivity (Wildman–Crippen MR) is 131 cm³/mol. The first-order valence-electron chi connectivity index (χ1n) is 11.1. The maximum atomic E-state index is 15.6. The highest BCUT2D eigenvalue weighted by Gasteiger charge is 2.58. The Morgan fingerprint density at radius 2 is 2.24 bits per heavy atom. The van der Waals surface area contributed by atoms with Crippen molar-refractivity contribution in [2.75, 3.05) is 12.3 Å². The monoisotopic (exact) mass is 617 g/mol. The molecule has 3 unspecified atom stereocenters. The van der Waals surface area contributed by atoms with Gasteiger partial charge in [0.05, 0.1) is 18.6 Å². The molecular formula is C20H22BrFN7O8P. The van der Waals surface area contributed by atoms with E-state index < -0.39 is 48.9 Å². The highest BCUT2D eigenvalue weighted by atomic mass is 79.9. The van der Waals surface area contributed by atoms with Crippen molar-refractivity contribution < 1.29 is 37.4 Å². The van der Waals surface area contributed by atoms with Crippen molar-refractivity contribution in [3.63, 3.8) is 0 Å². The molecule has 5 atom stereocenters. The summed E-state index contributed by atoms with van der Waals surface area (Å²) >= 11 is 2.85. The van der Waals surface area contributed by atoms with Gasteiger partial charge in [-0.25, -0.2) is 19.0 Å². The fraction of sp³-hybridized carbons (Fsp3) is 0.450. The summed E-state index contributed by atoms with van der Waals surface area (Å²) in [4.78, 5) is 37.6. The summed E-state index contributed by atoms with van der Waals surface area (Å²) < 4.78 is 49.3. The van der Waals surface area contributed by atoms with Gasteiger partial charge in [-0.05, 0) is 22.9 Å². The van der Waals surface area contributed by atoms with Crippen molar-refractivity contribution in [1.82, 2.24) is 29.6 Å². The second-order valence-corrected chi connectivity index (χ2v) is 11.6. The Kier molecular flexibility index (Phi) is 6.77. The number of esters is 1. The number of ether oxygens (including phenoxy) is 2. The predicted octanol–water partition coefficient (Wildman–Crippen LogP) is 1.09. The number of aromatic nitrogens is 5. The Hall–Kier alpha value is -2.95. The average Bonchev–Trinajstić information content (AvgIpc) is 3.36. The molecule has 0 saturated carbocycles. The van der Waals surface area contributed by atoms with Crippen LogP contribution >= 0.6 is 23.7 Å². The molecule has 3 aromatic rings. The molecule has 3 aromatic heterocycles. The van der Waals surface area contributed by atoms with Gasteiger partial charge in [0.15, 0.2) is 23.1 Å². The zero-order chi connectivity index (χ0) is 27.4. The molecule has 0 aliphatic carbocycles. The Labute approximate surface area is 221 Å². The summed E-state index contributed by atoms with van der Waals surface area (Å²) in [5, 5.41) is 13.3. The van der Waals surface area contributed by atoms with Crippen molar-refractivity contribution in [2.24, 2.45) is 0 Å². The molecule has 0 amide bonds. The third-order valence-electron chi connectivity index (χ3n) is 5.99. The van der Waals surface area contributed by atoms with Crippen LogP contribution in [-0.4, -0.2) is 59.0 Å². The minimum Gasteiger partial charge on any atom is -0.461 e. The summed E-state index contributed by atoms with van der Waals surface area (Å²) in [6.45, 7) is 2.36. The van der Waals surface area contributed by atoms with Crippen LogP contribution in [0.15, 0.2) is 17.3 Å². The number of H-pyrrole nitrogens is 1. The molecular weight excluding hydrogens is 596 g/mol. The number of nitrogens with two attached hydrogens (primary N) is 1. The van der Waals surface area contributed by atoms with Gasteiger partial charge in [0, 0.05) is 30.8 Å². The van der Waals surface area contributed by atoms with Crippen molar-refractivity contribution in [3.05, 3.63) is 39.7 Å². The fourth-order valence-electron chi connectivity index (χ4n) is 4.09. The number of imidazole rings is 1. The first kappa shape index (κ1) is 26.6. The van der Waals surface area contributed by atoms with Crippen molar-refractivity contribution in [3.8, 4) is 5.75 Å². The number of anilines is 1. The highest BCUT2D eigenvalue weighted by Crippen LogP contribution is 2.52. The maximum Gasteiger partial charge on any atom is 0.459 e. The molecule has 5 rings (SSSR count). The molecule has 2 aliphatic rings. The molecule has 2 aliphatic heterocycles. The SMILES string of the molecule is CC(=O)OCc1cnc(C)c2c1CNP(=O)(OC[C@H]1O[C@@H](n3cnc4c(=O)[nH]c(N)nc43)C(F)(Br)C1O)O2. The number of hydrogen-bond donors (Lipinski definition) is 4. The van der Waals surface area contributed by atoms with Gasteiger partial charge in [0.1, 0.15) is 18.8 Å². The molecule has 5 heterocycles. The lowest BCUT2D eigenvalue weighted by Crippen LogP contribution is -2.38. The quantitative estimate of drug-likeness (QED) is 0.174. The molecule has 5 N–H and O–H groups in total. The van der Waals surface area contributed by atoms with Gasteiger partial charge >= 0.3 is 13.7 Å². The number of aliphatic hydroxyl groups is 1. The number of aliphatic hydroxyl groups excluding tert-OH is 1. The molecule has 38 heavy (non-hydrogen) atoms. The number of nitrogens with one attached hydrogen (secondary N) is 2. The van der Waals surface area contributed by atoms with Gasteiger partial charge in [-0.3, -0.25) is 28.6 Å². The third-order valence-corrected chi connectivity index (χ3v) is 8.31. The Bertz CT molecular complexity index is 1530. The topological polar surface area (TPSA) is 206 Å². The number of nitrogens with zero attached hydrogens (tertiary/aromatic N) is 4. The molecule has 0 bridgehead atoms. The van der Waals surface area contributed by atoms with Crippen LogP contribution in [0.3, 0.4) is 0 Å². The number of halogens is 2. The van der Waals surface area contributed by atoms with E-state index in [-0.39, 0.29) is 36.0 Å². The van der Waals surface area contributed by atoms with Crippen molar-refractivity contribution in [2.45, 2.75) is 50.0 Å². The van der Waals surface area contributed by atoms with Crippen LogP contribution in [0.1, 0.15) is 30.0 Å². The molecule has 0 radical (unpaired) electrons. The van der Waals surface area contributed by atoms with Crippen LogP contribution in [0, 0.1) is 6.92 Å². The lowest BCUT2D eigenvalue weighted by Gasteiger charge is -2.29. The van der Waals surface area contributed by atoms with Crippen LogP contribution in [-0.2, 0) is 36.5 Å². The molecule has 204 valence electrons. The van der Waals surface area contributed by atoms with Gasteiger partial charge in [0.2, 0.25) is 10.5 Å². The van der Waals surface area contributed by atoms with Crippen LogP contribution in [0.2, 0.25) is 0 Å². The second kappa shape index (κ2) is 9.66. The van der Waals surface area contributed by atoms with E-state index in [0.717, 1.165) is 10.9 Å². The zero-order valence-electron chi connectivity index (χ0n) is 19.9. The van der Waals surface area contributed by atoms with E-state index in [4.69, 9.17) is 24.3 Å². The Morgan fingerprint density at radius 3 is 2.97 bits per heavy atom. The normalized spacial score (nSPS) is 28.7. The number of carbonyl (C=O) groups is 1. The van der Waals surface area contributed by atoms with Crippen molar-refractivity contribution >= 4 is 46.8 Å². The number of alkyl halides is 2. The van der Waals surface area contributed by atoms with Gasteiger partial charge in [0.25, 0.3) is 5.56 Å². The van der Waals surface area contributed by atoms with E-state index >= 15 is 4.39 Å². The summed E-state index contributed by atoms with van der Waals surface area (Å²) in [6, 6.07) is 0. The van der Waals surface area contributed by atoms with E-state index in [2.05, 4.69) is 41.0 Å².